The van der Waals surface area contributed by atoms with Crippen LogP contribution in [0.3, 0.4) is 0 Å². The largest absolute Gasteiger partial charge is 0.497 e. The third kappa shape index (κ3) is 5.28. The van der Waals surface area contributed by atoms with E-state index in [0.717, 1.165) is 11.3 Å². The zero-order chi connectivity index (χ0) is 24.1. The number of nitrogens with one attached hydrogen (secondary N) is 1. The third-order valence-electron chi connectivity index (χ3n) is 6.70. The molecular weight excluding hydrogens is 436 g/mol. The normalized spacial score (nSPS) is 22.2. The number of amides is 2. The van der Waals surface area contributed by atoms with Gasteiger partial charge in [-0.15, -0.1) is 0 Å². The lowest BCUT2D eigenvalue weighted by atomic mass is 9.88. The number of morpholine rings is 1. The number of nitrogens with zero attached hydrogens (tertiary/aromatic N) is 1. The van der Waals surface area contributed by atoms with E-state index >= 15 is 0 Å². The number of hydrogen-bond donors (Lipinski definition) is 1. The molecular formula is C26H32N2O6. The van der Waals surface area contributed by atoms with E-state index < -0.39 is 0 Å². The lowest BCUT2D eigenvalue weighted by Gasteiger charge is -2.31. The Labute approximate surface area is 200 Å². The van der Waals surface area contributed by atoms with Crippen LogP contribution < -0.4 is 19.5 Å². The second-order valence-corrected chi connectivity index (χ2v) is 8.67. The number of methoxy groups -OCH3 is 3. The van der Waals surface area contributed by atoms with Crippen molar-refractivity contribution in [2.45, 2.75) is 24.8 Å². The molecule has 0 aromatic heterocycles. The van der Waals surface area contributed by atoms with Gasteiger partial charge in [0.15, 0.2) is 0 Å². The fraction of sp³-hybridized carbons (Fsp3) is 0.462. The first-order chi connectivity index (χ1) is 16.5. The van der Waals surface area contributed by atoms with Gasteiger partial charge < -0.3 is 29.2 Å². The maximum absolute atomic E-state index is 13.5. The first-order valence-corrected chi connectivity index (χ1v) is 11.6. The van der Waals surface area contributed by atoms with Gasteiger partial charge in [0.2, 0.25) is 5.91 Å². The monoisotopic (exact) mass is 468 g/mol. The number of rotatable bonds is 7. The van der Waals surface area contributed by atoms with Crippen LogP contribution in [0.25, 0.3) is 0 Å². The molecule has 1 N–H and O–H groups in total. The average molecular weight is 469 g/mol. The van der Waals surface area contributed by atoms with Crippen LogP contribution in [0.2, 0.25) is 0 Å². The Morgan fingerprint density at radius 2 is 1.50 bits per heavy atom. The summed E-state index contributed by atoms with van der Waals surface area (Å²) in [6.07, 6.45) is 1.26. The van der Waals surface area contributed by atoms with E-state index in [9.17, 15) is 9.59 Å². The number of benzene rings is 2. The lowest BCUT2D eigenvalue weighted by molar-refractivity contribution is -0.140. The smallest absolute Gasteiger partial charge is 0.251 e. The molecule has 1 aliphatic carbocycles. The zero-order valence-corrected chi connectivity index (χ0v) is 19.9. The topological polar surface area (TPSA) is 86.3 Å². The molecule has 4 rings (SSSR count). The summed E-state index contributed by atoms with van der Waals surface area (Å²) in [5.41, 5.74) is 1.53. The molecule has 8 nitrogen and oxygen atoms in total. The SMILES string of the molecule is COc1ccc([C@H]2C[C@H](NC(=O)c3cc(OC)cc(OC)c3)C[C@@H]2C(=O)N2CCOCC2)cc1. The van der Waals surface area contributed by atoms with E-state index in [4.69, 9.17) is 18.9 Å². The number of carbonyl (C=O) groups excluding carboxylic acids is 2. The van der Waals surface area contributed by atoms with Gasteiger partial charge in [0.1, 0.15) is 17.2 Å². The van der Waals surface area contributed by atoms with Crippen LogP contribution in [-0.2, 0) is 9.53 Å². The van der Waals surface area contributed by atoms with Crippen molar-refractivity contribution in [3.63, 3.8) is 0 Å². The number of ether oxygens (including phenoxy) is 4. The molecule has 2 fully saturated rings. The summed E-state index contributed by atoms with van der Waals surface area (Å²) in [6.45, 7) is 2.32. The van der Waals surface area contributed by atoms with Gasteiger partial charge in [0.25, 0.3) is 5.91 Å². The van der Waals surface area contributed by atoms with E-state index in [2.05, 4.69) is 5.32 Å². The van der Waals surface area contributed by atoms with E-state index in [1.165, 1.54) is 0 Å². The Morgan fingerprint density at radius 3 is 2.09 bits per heavy atom. The maximum Gasteiger partial charge on any atom is 0.251 e. The zero-order valence-electron chi connectivity index (χ0n) is 19.9. The standard InChI is InChI=1S/C26H32N2O6/c1-31-20-6-4-17(5-7-20)23-14-19(15-24(23)26(30)28-8-10-34-11-9-28)27-25(29)18-12-21(32-2)16-22(13-18)33-3/h4-7,12-13,16,19,23-24H,8-11,14-15H2,1-3H3,(H,27,29)/t19-,23+,24-/m0/s1. The van der Waals surface area contributed by atoms with Crippen molar-refractivity contribution in [3.05, 3.63) is 53.6 Å². The maximum atomic E-state index is 13.5. The van der Waals surface area contributed by atoms with Crippen LogP contribution in [0.15, 0.2) is 42.5 Å². The quantitative estimate of drug-likeness (QED) is 0.673. The molecule has 0 radical (unpaired) electrons. The van der Waals surface area contributed by atoms with Crippen molar-refractivity contribution in [3.8, 4) is 17.2 Å². The highest BCUT2D eigenvalue weighted by atomic mass is 16.5. The molecule has 182 valence electrons. The third-order valence-corrected chi connectivity index (χ3v) is 6.70. The molecule has 1 saturated carbocycles. The Kier molecular flexibility index (Phi) is 7.57. The summed E-state index contributed by atoms with van der Waals surface area (Å²) in [5.74, 6) is 1.58. The number of carbonyl (C=O) groups is 2. The second-order valence-electron chi connectivity index (χ2n) is 8.67. The Hall–Kier alpha value is -3.26. The molecule has 2 aliphatic rings. The fourth-order valence-corrected chi connectivity index (χ4v) is 4.87. The van der Waals surface area contributed by atoms with Crippen LogP contribution in [0, 0.1) is 5.92 Å². The molecule has 1 saturated heterocycles. The summed E-state index contributed by atoms with van der Waals surface area (Å²) in [7, 11) is 4.73. The van der Waals surface area contributed by atoms with Crippen LogP contribution in [0.1, 0.15) is 34.7 Å². The van der Waals surface area contributed by atoms with Gasteiger partial charge in [-0.05, 0) is 48.6 Å². The van der Waals surface area contributed by atoms with Gasteiger partial charge in [-0.1, -0.05) is 12.1 Å². The Balaban J connectivity index is 1.54. The molecule has 8 heteroatoms. The summed E-state index contributed by atoms with van der Waals surface area (Å²) >= 11 is 0. The molecule has 3 atom stereocenters. The fourth-order valence-electron chi connectivity index (χ4n) is 4.87. The van der Waals surface area contributed by atoms with Gasteiger partial charge in [0, 0.05) is 36.7 Å². The predicted octanol–water partition coefficient (Wildman–Crippen LogP) is 2.86. The molecule has 0 spiro atoms. The minimum absolute atomic E-state index is 0.00592. The predicted molar refractivity (Wildman–Crippen MR) is 127 cm³/mol. The summed E-state index contributed by atoms with van der Waals surface area (Å²) < 4.78 is 21.3. The highest BCUT2D eigenvalue weighted by Crippen LogP contribution is 2.41. The summed E-state index contributed by atoms with van der Waals surface area (Å²) in [4.78, 5) is 28.5. The van der Waals surface area contributed by atoms with Crippen LogP contribution in [-0.4, -0.2) is 70.4 Å². The first-order valence-electron chi connectivity index (χ1n) is 11.6. The van der Waals surface area contributed by atoms with Crippen molar-refractivity contribution >= 4 is 11.8 Å². The Bertz CT molecular complexity index is 981. The van der Waals surface area contributed by atoms with Gasteiger partial charge in [-0.3, -0.25) is 9.59 Å². The van der Waals surface area contributed by atoms with Crippen molar-refractivity contribution in [1.29, 1.82) is 0 Å². The van der Waals surface area contributed by atoms with E-state index in [0.29, 0.717) is 56.2 Å². The Morgan fingerprint density at radius 1 is 0.882 bits per heavy atom. The summed E-state index contributed by atoms with van der Waals surface area (Å²) in [6, 6.07) is 12.8. The van der Waals surface area contributed by atoms with Crippen LogP contribution in [0.5, 0.6) is 17.2 Å². The van der Waals surface area contributed by atoms with Gasteiger partial charge in [0.05, 0.1) is 34.5 Å². The highest BCUT2D eigenvalue weighted by molar-refractivity contribution is 5.95. The van der Waals surface area contributed by atoms with Gasteiger partial charge >= 0.3 is 0 Å². The van der Waals surface area contributed by atoms with Crippen molar-refractivity contribution < 1.29 is 28.5 Å². The molecule has 1 heterocycles. The average Bonchev–Trinajstić information content (AvgIpc) is 3.31. The van der Waals surface area contributed by atoms with Crippen molar-refractivity contribution in [2.75, 3.05) is 47.6 Å². The second kappa shape index (κ2) is 10.8. The molecule has 34 heavy (non-hydrogen) atoms. The van der Waals surface area contributed by atoms with Crippen LogP contribution in [0.4, 0.5) is 0 Å². The molecule has 1 aliphatic heterocycles. The molecule has 2 aromatic carbocycles. The molecule has 2 aromatic rings. The van der Waals surface area contributed by atoms with E-state index in [-0.39, 0.29) is 29.7 Å². The molecule has 2 amide bonds. The first kappa shape index (κ1) is 23.9. The van der Waals surface area contributed by atoms with Crippen molar-refractivity contribution in [1.82, 2.24) is 10.2 Å². The van der Waals surface area contributed by atoms with Gasteiger partial charge in [-0.2, -0.15) is 0 Å². The van der Waals surface area contributed by atoms with E-state index in [1.54, 1.807) is 39.5 Å². The van der Waals surface area contributed by atoms with E-state index in [1.807, 2.05) is 29.2 Å². The summed E-state index contributed by atoms with van der Waals surface area (Å²) in [5, 5.41) is 3.14. The number of hydrogen-bond acceptors (Lipinski definition) is 6. The van der Waals surface area contributed by atoms with Crippen molar-refractivity contribution in [2.24, 2.45) is 5.92 Å². The lowest BCUT2D eigenvalue weighted by Crippen LogP contribution is -2.44. The van der Waals surface area contributed by atoms with Crippen LogP contribution >= 0.6 is 0 Å². The molecule has 0 bridgehead atoms. The molecule has 0 unspecified atom stereocenters. The minimum atomic E-state index is -0.213. The minimum Gasteiger partial charge on any atom is -0.497 e. The highest BCUT2D eigenvalue weighted by Gasteiger charge is 2.42. The van der Waals surface area contributed by atoms with Gasteiger partial charge in [-0.25, -0.2) is 0 Å².